The zero-order chi connectivity index (χ0) is 27.3. The molecule has 0 spiro atoms. The molecule has 0 saturated heterocycles. The predicted molar refractivity (Wildman–Crippen MR) is 146 cm³/mol. The average molecular weight is 562 g/mol. The number of fused-ring (bicyclic) bond motifs is 1. The summed E-state index contributed by atoms with van der Waals surface area (Å²) in [5.74, 6) is 1.04. The van der Waals surface area contributed by atoms with Crippen LogP contribution in [0.2, 0.25) is 0 Å². The van der Waals surface area contributed by atoms with Gasteiger partial charge in [0.15, 0.2) is 16.3 Å². The van der Waals surface area contributed by atoms with Gasteiger partial charge in [0.05, 0.1) is 32.7 Å². The first kappa shape index (κ1) is 28.1. The Labute approximate surface area is 225 Å². The maximum absolute atomic E-state index is 13.5. The second-order valence-corrected chi connectivity index (χ2v) is 12.4. The summed E-state index contributed by atoms with van der Waals surface area (Å²) in [6.45, 7) is 5.69. The number of ether oxygens (including phenoxy) is 1. The fourth-order valence-electron chi connectivity index (χ4n) is 3.76. The number of benzene rings is 1. The zero-order valence-electron chi connectivity index (χ0n) is 21.8. The molecule has 11 nitrogen and oxygen atoms in total. The Morgan fingerprint density at radius 2 is 1.95 bits per heavy atom. The molecule has 1 aromatic carbocycles. The molecule has 1 unspecified atom stereocenters. The van der Waals surface area contributed by atoms with E-state index >= 15 is 0 Å². The van der Waals surface area contributed by atoms with Crippen molar-refractivity contribution in [3.8, 4) is 11.6 Å². The largest absolute Gasteiger partial charge is 0.530 e. The minimum absolute atomic E-state index is 0.0274. The quantitative estimate of drug-likeness (QED) is 0.191. The first-order valence-corrected chi connectivity index (χ1v) is 14.6. The maximum atomic E-state index is 13.5. The van der Waals surface area contributed by atoms with Crippen LogP contribution in [0.1, 0.15) is 33.2 Å². The number of methoxy groups -OCH3 is 1. The molecule has 13 heteroatoms. The molecule has 2 aromatic heterocycles. The number of para-hydroxylation sites is 1. The van der Waals surface area contributed by atoms with E-state index in [4.69, 9.17) is 24.0 Å². The van der Waals surface area contributed by atoms with Gasteiger partial charge >= 0.3 is 7.82 Å². The first-order valence-electron chi connectivity index (χ1n) is 12.1. The molecule has 0 fully saturated rings. The van der Waals surface area contributed by atoms with E-state index in [1.807, 2.05) is 43.6 Å². The summed E-state index contributed by atoms with van der Waals surface area (Å²) in [6.07, 6.45) is 6.32. The van der Waals surface area contributed by atoms with Crippen LogP contribution >= 0.6 is 19.6 Å². The lowest BCUT2D eigenvalue weighted by Gasteiger charge is -2.21. The van der Waals surface area contributed by atoms with Gasteiger partial charge < -0.3 is 19.6 Å². The fraction of sp³-hybridized carbons (Fsp3) is 0.440. The van der Waals surface area contributed by atoms with E-state index in [1.165, 1.54) is 7.11 Å². The molecule has 0 radical (unpaired) electrons. The van der Waals surface area contributed by atoms with Crippen LogP contribution in [0.3, 0.4) is 0 Å². The van der Waals surface area contributed by atoms with Gasteiger partial charge in [0, 0.05) is 17.1 Å². The molecule has 2 heterocycles. The van der Waals surface area contributed by atoms with Crippen molar-refractivity contribution in [3.05, 3.63) is 48.8 Å². The molecule has 3 atom stereocenters. The normalized spacial score (nSPS) is 18.9. The van der Waals surface area contributed by atoms with E-state index in [0.29, 0.717) is 35.0 Å². The number of hydrogen-bond donors (Lipinski definition) is 1. The number of nitrogens with two attached hydrogens (primary N) is 1. The van der Waals surface area contributed by atoms with Crippen molar-refractivity contribution >= 4 is 41.8 Å². The lowest BCUT2D eigenvalue weighted by molar-refractivity contribution is -0.117. The highest BCUT2D eigenvalue weighted by Crippen LogP contribution is 2.50. The van der Waals surface area contributed by atoms with Gasteiger partial charge in [-0.1, -0.05) is 62.9 Å². The van der Waals surface area contributed by atoms with E-state index in [2.05, 4.69) is 15.0 Å². The van der Waals surface area contributed by atoms with Crippen molar-refractivity contribution in [2.75, 3.05) is 31.8 Å². The van der Waals surface area contributed by atoms with Crippen LogP contribution in [0.5, 0.6) is 11.6 Å². The highest BCUT2D eigenvalue weighted by molar-refractivity contribution is 8.13. The van der Waals surface area contributed by atoms with Crippen LogP contribution < -0.4 is 15.0 Å². The summed E-state index contributed by atoms with van der Waals surface area (Å²) in [4.78, 5) is 25.0. The first-order chi connectivity index (χ1) is 18.1. The van der Waals surface area contributed by atoms with Gasteiger partial charge in [0.2, 0.25) is 11.8 Å². The Bertz CT molecular complexity index is 1340. The molecular formula is C25H32N5O6PS. The Balaban J connectivity index is 1.39. The monoisotopic (exact) mass is 561 g/mol. The number of anilines is 1. The van der Waals surface area contributed by atoms with E-state index < -0.39 is 13.2 Å². The second kappa shape index (κ2) is 11.9. The number of imidazole rings is 1. The molecule has 0 bridgehead atoms. The van der Waals surface area contributed by atoms with Crippen molar-refractivity contribution in [2.24, 2.45) is 11.3 Å². The minimum atomic E-state index is -3.96. The molecule has 1 aliphatic carbocycles. The highest BCUT2D eigenvalue weighted by atomic mass is 32.2. The van der Waals surface area contributed by atoms with Crippen LogP contribution in [0, 0.1) is 11.3 Å². The van der Waals surface area contributed by atoms with Gasteiger partial charge in [-0.25, -0.2) is 9.55 Å². The number of thioether (sulfide) groups is 1. The van der Waals surface area contributed by atoms with E-state index in [0.717, 1.165) is 11.8 Å². The number of allylic oxidation sites excluding steroid dienone is 1. The Morgan fingerprint density at radius 1 is 1.18 bits per heavy atom. The average Bonchev–Trinajstić information content (AvgIpc) is 3.52. The van der Waals surface area contributed by atoms with Gasteiger partial charge in [-0.2, -0.15) is 9.97 Å². The number of nitrogen functional groups attached to an aromatic ring is 1. The number of phosphoric ester groups is 1. The lowest BCUT2D eigenvalue weighted by Crippen LogP contribution is -2.17. The number of nitrogens with zero attached hydrogens (tertiary/aromatic N) is 4. The minimum Gasteiger partial charge on any atom is -0.479 e. The van der Waals surface area contributed by atoms with Crippen molar-refractivity contribution in [1.29, 1.82) is 0 Å². The highest BCUT2D eigenvalue weighted by Gasteiger charge is 2.32. The third kappa shape index (κ3) is 6.93. The molecule has 0 amide bonds. The Kier molecular flexibility index (Phi) is 8.77. The lowest BCUT2D eigenvalue weighted by atomic mass is 10.00. The van der Waals surface area contributed by atoms with Crippen LogP contribution in [-0.4, -0.2) is 50.7 Å². The van der Waals surface area contributed by atoms with E-state index in [1.54, 1.807) is 30.6 Å². The van der Waals surface area contributed by atoms with Gasteiger partial charge in [-0.15, -0.1) is 0 Å². The maximum Gasteiger partial charge on any atom is 0.530 e. The van der Waals surface area contributed by atoms with Crippen molar-refractivity contribution in [1.82, 2.24) is 19.5 Å². The van der Waals surface area contributed by atoms with Gasteiger partial charge in [-0.3, -0.25) is 13.8 Å². The number of hydrogen-bond acceptors (Lipinski definition) is 11. The molecule has 0 aliphatic heterocycles. The number of phosphoric acid groups is 1. The molecule has 0 saturated carbocycles. The molecule has 1 aliphatic rings. The second-order valence-electron chi connectivity index (χ2n) is 9.73. The third-order valence-electron chi connectivity index (χ3n) is 5.69. The van der Waals surface area contributed by atoms with Crippen LogP contribution in [0.25, 0.3) is 11.2 Å². The van der Waals surface area contributed by atoms with Gasteiger partial charge in [-0.05, 0) is 18.6 Å². The van der Waals surface area contributed by atoms with Crippen LogP contribution in [-0.2, 0) is 18.4 Å². The van der Waals surface area contributed by atoms with Crippen molar-refractivity contribution < 1.29 is 27.7 Å². The van der Waals surface area contributed by atoms with Crippen molar-refractivity contribution in [3.63, 3.8) is 0 Å². The molecule has 4 rings (SSSR count). The molecule has 38 heavy (non-hydrogen) atoms. The Hall–Kier alpha value is -2.92. The van der Waals surface area contributed by atoms with Crippen LogP contribution in [0.4, 0.5) is 5.95 Å². The van der Waals surface area contributed by atoms with Crippen LogP contribution in [0.15, 0.2) is 48.8 Å². The predicted octanol–water partition coefficient (Wildman–Crippen LogP) is 5.06. The fourth-order valence-corrected chi connectivity index (χ4v) is 5.92. The molecule has 2 N–H and O–H groups in total. The third-order valence-corrected chi connectivity index (χ3v) is 8.34. The molecular weight excluding hydrogens is 529 g/mol. The molecule has 3 aromatic rings. The smallest absolute Gasteiger partial charge is 0.479 e. The number of rotatable bonds is 11. The SMILES string of the molecule is COc1nc(N)nc2c1ncn2[C@H]1C=C[C@@H](COP(=O)(OCCSC(=O)C(C)(C)C)Oc2ccccc2)C1. The summed E-state index contributed by atoms with van der Waals surface area (Å²) < 4.78 is 37.7. The summed E-state index contributed by atoms with van der Waals surface area (Å²) in [6, 6.07) is 8.64. The van der Waals surface area contributed by atoms with E-state index in [9.17, 15) is 9.36 Å². The van der Waals surface area contributed by atoms with Gasteiger partial charge in [0.25, 0.3) is 0 Å². The Morgan fingerprint density at radius 3 is 2.66 bits per heavy atom. The summed E-state index contributed by atoms with van der Waals surface area (Å²) in [7, 11) is -2.46. The number of aromatic nitrogens is 4. The summed E-state index contributed by atoms with van der Waals surface area (Å²) >= 11 is 1.13. The standard InChI is InChI=1S/C25H32N5O6PS/c1-25(2,3)23(31)38-13-12-34-37(32,36-19-8-6-5-7-9-19)35-15-17-10-11-18(14-17)30-16-27-20-21(30)28-24(26)29-22(20)33-4/h5-11,16-18H,12-15H2,1-4H3,(H2,26,28,29)/t17-,18+,37?/m1/s1. The zero-order valence-corrected chi connectivity index (χ0v) is 23.5. The topological polar surface area (TPSA) is 141 Å². The van der Waals surface area contributed by atoms with Crippen molar-refractivity contribution in [2.45, 2.75) is 33.2 Å². The summed E-state index contributed by atoms with van der Waals surface area (Å²) in [5.41, 5.74) is 6.45. The summed E-state index contributed by atoms with van der Waals surface area (Å²) in [5, 5.41) is 0.0274. The number of carbonyl (C=O) groups is 1. The molecule has 204 valence electrons. The van der Waals surface area contributed by atoms with Gasteiger partial charge in [0.1, 0.15) is 5.75 Å². The number of carbonyl (C=O) groups excluding carboxylic acids is 1. The van der Waals surface area contributed by atoms with E-state index in [-0.39, 0.29) is 36.2 Å².